The summed E-state index contributed by atoms with van der Waals surface area (Å²) in [6.07, 6.45) is 0. The summed E-state index contributed by atoms with van der Waals surface area (Å²) in [5.41, 5.74) is 3.84. The molecule has 6 nitrogen and oxygen atoms in total. The van der Waals surface area contributed by atoms with E-state index in [0.717, 1.165) is 22.2 Å². The summed E-state index contributed by atoms with van der Waals surface area (Å²) in [6, 6.07) is 27.1. The van der Waals surface area contributed by atoms with Crippen LogP contribution in [0.15, 0.2) is 78.9 Å². The molecule has 0 saturated carbocycles. The van der Waals surface area contributed by atoms with Gasteiger partial charge in [-0.25, -0.2) is 15.0 Å². The highest BCUT2D eigenvalue weighted by molar-refractivity contribution is 6.61. The molecule has 1 aliphatic heterocycles. The average Bonchev–Trinajstić information content (AvgIpc) is 3.24. The van der Waals surface area contributed by atoms with Crippen LogP contribution in [0.2, 0.25) is 0 Å². The second-order valence-electron chi connectivity index (χ2n) is 8.50. The maximum atomic E-state index is 9.11. The van der Waals surface area contributed by atoms with Gasteiger partial charge in [-0.2, -0.15) is 5.26 Å². The zero-order valence-electron chi connectivity index (χ0n) is 18.4. The molecule has 160 valence electrons. The van der Waals surface area contributed by atoms with Gasteiger partial charge in [0.25, 0.3) is 0 Å². The lowest BCUT2D eigenvalue weighted by atomic mass is 9.79. The summed E-state index contributed by atoms with van der Waals surface area (Å²) in [7, 11) is -0.374. The first-order chi connectivity index (χ1) is 16.0. The summed E-state index contributed by atoms with van der Waals surface area (Å²) < 4.78 is 11.8. The first-order valence-electron chi connectivity index (χ1n) is 10.7. The maximum absolute atomic E-state index is 9.11. The van der Waals surface area contributed by atoms with Crippen LogP contribution in [0.25, 0.3) is 34.2 Å². The molecule has 1 saturated heterocycles. The second kappa shape index (κ2) is 8.59. The number of hydrogen-bond donors (Lipinski definition) is 0. The van der Waals surface area contributed by atoms with Crippen molar-refractivity contribution < 1.29 is 9.31 Å². The van der Waals surface area contributed by atoms with Crippen molar-refractivity contribution in [1.82, 2.24) is 15.0 Å². The summed E-state index contributed by atoms with van der Waals surface area (Å²) in [5, 5.41) is 9.11. The Kier molecular flexibility index (Phi) is 5.47. The number of hydrogen-bond acceptors (Lipinski definition) is 6. The van der Waals surface area contributed by atoms with Crippen LogP contribution in [0.5, 0.6) is 0 Å². The van der Waals surface area contributed by atoms with Crippen LogP contribution in [0.1, 0.15) is 19.4 Å². The SMILES string of the molecule is CC1(C)COB(c2ccc(-c3nc(-c4ccccc4)nc(-c4ccc(C#N)cc4)n3)cc2)O1. The largest absolute Gasteiger partial charge is 0.494 e. The topological polar surface area (TPSA) is 80.9 Å². The van der Waals surface area contributed by atoms with Crippen LogP contribution < -0.4 is 5.46 Å². The Morgan fingerprint density at radius 1 is 0.758 bits per heavy atom. The maximum Gasteiger partial charge on any atom is 0.494 e. The Morgan fingerprint density at radius 2 is 1.27 bits per heavy atom. The quantitative estimate of drug-likeness (QED) is 0.448. The molecule has 33 heavy (non-hydrogen) atoms. The van der Waals surface area contributed by atoms with Gasteiger partial charge in [0.15, 0.2) is 17.5 Å². The normalized spacial score (nSPS) is 14.8. The van der Waals surface area contributed by atoms with Crippen molar-refractivity contribution in [3.63, 3.8) is 0 Å². The summed E-state index contributed by atoms with van der Waals surface area (Å²) in [6.45, 7) is 4.59. The Balaban J connectivity index is 1.54. The molecule has 0 bridgehead atoms. The highest BCUT2D eigenvalue weighted by Gasteiger charge is 2.38. The van der Waals surface area contributed by atoms with Crippen molar-refractivity contribution >= 4 is 12.6 Å². The third-order valence-corrected chi connectivity index (χ3v) is 5.39. The fraction of sp³-hybridized carbons (Fsp3) is 0.154. The van der Waals surface area contributed by atoms with Crippen LogP contribution in [-0.2, 0) is 9.31 Å². The molecule has 7 heteroatoms. The minimum atomic E-state index is -0.374. The molecule has 0 aliphatic carbocycles. The average molecular weight is 432 g/mol. The van der Waals surface area contributed by atoms with Gasteiger partial charge < -0.3 is 9.31 Å². The number of nitriles is 1. The minimum Gasteiger partial charge on any atom is -0.404 e. The first kappa shape index (κ1) is 21.0. The van der Waals surface area contributed by atoms with Gasteiger partial charge in [0.1, 0.15) is 0 Å². The van der Waals surface area contributed by atoms with E-state index in [1.54, 1.807) is 12.1 Å². The monoisotopic (exact) mass is 432 g/mol. The third-order valence-electron chi connectivity index (χ3n) is 5.39. The van der Waals surface area contributed by atoms with Crippen LogP contribution in [0.3, 0.4) is 0 Å². The molecular formula is C26H21BN4O2. The van der Waals surface area contributed by atoms with Gasteiger partial charge in [0, 0.05) is 16.7 Å². The highest BCUT2D eigenvalue weighted by Crippen LogP contribution is 2.25. The number of rotatable bonds is 4. The lowest BCUT2D eigenvalue weighted by Gasteiger charge is -2.15. The Bertz CT molecular complexity index is 1320. The van der Waals surface area contributed by atoms with E-state index >= 15 is 0 Å². The molecule has 4 aromatic rings. The minimum absolute atomic E-state index is 0.294. The number of nitrogens with zero attached hydrogens (tertiary/aromatic N) is 4. The van der Waals surface area contributed by atoms with Gasteiger partial charge in [-0.05, 0) is 43.6 Å². The van der Waals surface area contributed by atoms with Crippen molar-refractivity contribution in [2.24, 2.45) is 0 Å². The van der Waals surface area contributed by atoms with Gasteiger partial charge in [-0.1, -0.05) is 54.6 Å². The number of benzene rings is 3. The Morgan fingerprint density at radius 3 is 1.76 bits per heavy atom. The van der Waals surface area contributed by atoms with E-state index < -0.39 is 0 Å². The van der Waals surface area contributed by atoms with Crippen LogP contribution >= 0.6 is 0 Å². The van der Waals surface area contributed by atoms with Gasteiger partial charge >= 0.3 is 7.12 Å². The molecule has 0 N–H and O–H groups in total. The second-order valence-corrected chi connectivity index (χ2v) is 8.50. The summed E-state index contributed by atoms with van der Waals surface area (Å²) in [4.78, 5) is 14.2. The van der Waals surface area contributed by atoms with Crippen LogP contribution in [0.4, 0.5) is 0 Å². The van der Waals surface area contributed by atoms with Gasteiger partial charge in [-0.3, -0.25) is 0 Å². The lowest BCUT2D eigenvalue weighted by Crippen LogP contribution is -2.34. The predicted octanol–water partition coefficient (Wildman–Crippen LogP) is 4.26. The summed E-state index contributed by atoms with van der Waals surface area (Å²) >= 11 is 0. The van der Waals surface area contributed by atoms with Crippen LogP contribution in [0, 0.1) is 11.3 Å². The van der Waals surface area contributed by atoms with Gasteiger partial charge in [-0.15, -0.1) is 0 Å². The molecule has 1 aromatic heterocycles. The van der Waals surface area contributed by atoms with Crippen molar-refractivity contribution in [3.8, 4) is 40.2 Å². The van der Waals surface area contributed by atoms with Gasteiger partial charge in [0.2, 0.25) is 0 Å². The first-order valence-corrected chi connectivity index (χ1v) is 10.7. The molecule has 0 unspecified atom stereocenters. The van der Waals surface area contributed by atoms with Gasteiger partial charge in [0.05, 0.1) is 23.8 Å². The molecule has 0 amide bonds. The number of aromatic nitrogens is 3. The lowest BCUT2D eigenvalue weighted by molar-refractivity contribution is 0.137. The molecule has 0 spiro atoms. The van der Waals surface area contributed by atoms with E-state index in [2.05, 4.69) is 6.07 Å². The van der Waals surface area contributed by atoms with E-state index in [4.69, 9.17) is 29.5 Å². The third kappa shape index (κ3) is 4.53. The zero-order valence-corrected chi connectivity index (χ0v) is 18.4. The molecule has 1 aliphatic rings. The molecule has 2 heterocycles. The molecule has 0 radical (unpaired) electrons. The predicted molar refractivity (Wildman–Crippen MR) is 127 cm³/mol. The van der Waals surface area contributed by atoms with E-state index in [9.17, 15) is 0 Å². The molecular weight excluding hydrogens is 411 g/mol. The van der Waals surface area contributed by atoms with Crippen molar-refractivity contribution in [2.75, 3.05) is 6.61 Å². The zero-order chi connectivity index (χ0) is 22.8. The standard InChI is InChI=1S/C26H21BN4O2/c1-26(2)17-32-27(33-26)22-14-12-21(13-15-22)25-30-23(19-6-4-3-5-7-19)29-24(31-25)20-10-8-18(16-28)9-11-20/h3-15H,17H2,1-2H3. The Labute approximate surface area is 193 Å². The van der Waals surface area contributed by atoms with E-state index in [0.29, 0.717) is 29.6 Å². The highest BCUT2D eigenvalue weighted by atomic mass is 16.7. The van der Waals surface area contributed by atoms with E-state index in [-0.39, 0.29) is 12.7 Å². The molecule has 0 atom stereocenters. The smallest absolute Gasteiger partial charge is 0.404 e. The van der Waals surface area contributed by atoms with Crippen LogP contribution in [-0.4, -0.2) is 34.3 Å². The van der Waals surface area contributed by atoms with E-state index in [1.807, 2.05) is 80.6 Å². The van der Waals surface area contributed by atoms with Crippen molar-refractivity contribution in [3.05, 3.63) is 84.4 Å². The summed E-state index contributed by atoms with van der Waals surface area (Å²) in [5.74, 6) is 1.72. The molecule has 1 fully saturated rings. The van der Waals surface area contributed by atoms with E-state index in [1.165, 1.54) is 0 Å². The molecule has 5 rings (SSSR count). The Hall–Kier alpha value is -3.86. The van der Waals surface area contributed by atoms with Crippen molar-refractivity contribution in [1.29, 1.82) is 5.26 Å². The van der Waals surface area contributed by atoms with Crippen molar-refractivity contribution in [2.45, 2.75) is 19.4 Å². The molecule has 3 aromatic carbocycles. The fourth-order valence-corrected chi connectivity index (χ4v) is 3.63. The fourth-order valence-electron chi connectivity index (χ4n) is 3.63.